The summed E-state index contributed by atoms with van der Waals surface area (Å²) in [5, 5.41) is 11.6. The molecule has 1 aromatic rings. The molecule has 0 spiro atoms. The largest absolute Gasteiger partial charge is 0.491 e. The van der Waals surface area contributed by atoms with Gasteiger partial charge in [0.2, 0.25) is 0 Å². The Hall–Kier alpha value is -1.83. The monoisotopic (exact) mass is 295 g/mol. The van der Waals surface area contributed by atoms with Gasteiger partial charge in [0.05, 0.1) is 6.04 Å². The molecule has 1 heterocycles. The smallest absolute Gasteiger partial charge is 0.408 e. The average molecular weight is 295 g/mol. The lowest BCUT2D eigenvalue weighted by atomic mass is 10.1. The summed E-state index contributed by atoms with van der Waals surface area (Å²) >= 11 is 0. The van der Waals surface area contributed by atoms with E-state index in [1.165, 1.54) is 0 Å². The van der Waals surface area contributed by atoms with Crippen LogP contribution in [0.3, 0.4) is 0 Å². The van der Waals surface area contributed by atoms with Gasteiger partial charge in [-0.15, -0.1) is 0 Å². The number of nitrogens with two attached hydrogens (primary N) is 1. The predicted molar refractivity (Wildman–Crippen MR) is 75.9 cm³/mol. The number of carbonyl (C=O) groups is 1. The summed E-state index contributed by atoms with van der Waals surface area (Å²) in [6.45, 7) is 5.75. The highest BCUT2D eigenvalue weighted by molar-refractivity contribution is 5.69. The molecule has 5 N–H and O–H groups in total. The Labute approximate surface area is 123 Å². The molecule has 1 aliphatic rings. The highest BCUT2D eigenvalue weighted by Crippen LogP contribution is 2.34. The van der Waals surface area contributed by atoms with E-state index in [0.717, 1.165) is 5.56 Å². The molecule has 0 radical (unpaired) electrons. The van der Waals surface area contributed by atoms with Crippen LogP contribution in [0, 0.1) is 0 Å². The minimum atomic E-state index is -0.684. The van der Waals surface area contributed by atoms with Crippen LogP contribution in [0.1, 0.15) is 44.1 Å². The summed E-state index contributed by atoms with van der Waals surface area (Å²) in [6, 6.07) is 5.06. The molecule has 0 aromatic heterocycles. The van der Waals surface area contributed by atoms with E-state index < -0.39 is 17.9 Å². The summed E-state index contributed by atoms with van der Waals surface area (Å²) in [5.74, 6) is 0.638. The van der Waals surface area contributed by atoms with Gasteiger partial charge in [0.1, 0.15) is 24.1 Å². The van der Waals surface area contributed by atoms with Crippen LogP contribution < -0.4 is 21.3 Å². The maximum Gasteiger partial charge on any atom is 0.408 e. The molecule has 2 unspecified atom stereocenters. The lowest BCUT2D eigenvalue weighted by molar-refractivity contribution is 0.0497. The number of fused-ring (bicyclic) bond motifs is 1. The number of amides is 1. The molecule has 0 bridgehead atoms. The van der Waals surface area contributed by atoms with E-state index in [1.54, 1.807) is 32.9 Å². The van der Waals surface area contributed by atoms with E-state index in [4.69, 9.17) is 20.4 Å². The highest BCUT2D eigenvalue weighted by Gasteiger charge is 2.28. The van der Waals surface area contributed by atoms with E-state index in [2.05, 4.69) is 5.32 Å². The maximum absolute atomic E-state index is 11.8. The molecular weight excluding hydrogens is 274 g/mol. The third-order valence-corrected chi connectivity index (χ3v) is 3.01. The molecule has 0 saturated carbocycles. The molecule has 116 valence electrons. The van der Waals surface area contributed by atoms with Crippen molar-refractivity contribution in [3.05, 3.63) is 29.3 Å². The molecule has 0 fully saturated rings. The number of carbonyl (C=O) groups excluding carboxylic acids is 1. The normalized spacial score (nSPS) is 18.6. The lowest BCUT2D eigenvalue weighted by Crippen LogP contribution is -2.35. The first-order valence-corrected chi connectivity index (χ1v) is 6.71. The third-order valence-electron chi connectivity index (χ3n) is 3.01. The molecule has 0 aliphatic carbocycles. The number of hydroxylamine groups is 1. The SMILES string of the molecule is CC(C)(C)OC(=O)NC1COc2cc(C(N)NO)ccc21. The number of ether oxygens (including phenoxy) is 2. The zero-order valence-corrected chi connectivity index (χ0v) is 12.3. The minimum Gasteiger partial charge on any atom is -0.491 e. The van der Waals surface area contributed by atoms with Crippen molar-refractivity contribution in [3.63, 3.8) is 0 Å². The van der Waals surface area contributed by atoms with E-state index in [0.29, 0.717) is 17.9 Å². The highest BCUT2D eigenvalue weighted by atomic mass is 16.6. The molecule has 7 heteroatoms. The zero-order chi connectivity index (χ0) is 15.6. The second-order valence-electron chi connectivity index (χ2n) is 5.91. The van der Waals surface area contributed by atoms with Crippen molar-refractivity contribution in [2.24, 2.45) is 5.73 Å². The fourth-order valence-electron chi connectivity index (χ4n) is 2.06. The second kappa shape index (κ2) is 5.88. The first-order valence-electron chi connectivity index (χ1n) is 6.71. The van der Waals surface area contributed by atoms with Gasteiger partial charge in [-0.05, 0) is 32.4 Å². The number of rotatable bonds is 3. The van der Waals surface area contributed by atoms with Gasteiger partial charge >= 0.3 is 6.09 Å². The van der Waals surface area contributed by atoms with Crippen LogP contribution in [-0.4, -0.2) is 23.5 Å². The summed E-state index contributed by atoms with van der Waals surface area (Å²) in [7, 11) is 0. The van der Waals surface area contributed by atoms with Gasteiger partial charge in [-0.2, -0.15) is 5.48 Å². The van der Waals surface area contributed by atoms with E-state index in [1.807, 2.05) is 11.5 Å². The molecule has 1 aromatic carbocycles. The van der Waals surface area contributed by atoms with Gasteiger partial charge in [-0.3, -0.25) is 0 Å². The van der Waals surface area contributed by atoms with Crippen molar-refractivity contribution in [2.75, 3.05) is 6.61 Å². The Balaban J connectivity index is 2.07. The number of hydrogen-bond acceptors (Lipinski definition) is 6. The Morgan fingerprint density at radius 3 is 2.86 bits per heavy atom. The van der Waals surface area contributed by atoms with Gasteiger partial charge in [-0.25, -0.2) is 4.79 Å². The van der Waals surface area contributed by atoms with Crippen LogP contribution in [0.15, 0.2) is 18.2 Å². The quantitative estimate of drug-likeness (QED) is 0.498. The molecule has 1 aliphatic heterocycles. The number of nitrogens with one attached hydrogen (secondary N) is 2. The van der Waals surface area contributed by atoms with Gasteiger partial charge < -0.3 is 25.7 Å². The standard InChI is InChI=1S/C14H21N3O4/c1-14(2,3)21-13(18)16-10-7-20-11-6-8(12(15)17-19)4-5-9(10)11/h4-6,10,12,17,19H,7,15H2,1-3H3,(H,16,18). The summed E-state index contributed by atoms with van der Waals surface area (Å²) < 4.78 is 10.8. The Bertz CT molecular complexity index is 527. The number of alkyl carbamates (subject to hydrolysis) is 1. The molecule has 2 atom stereocenters. The van der Waals surface area contributed by atoms with Crippen LogP contribution in [0.25, 0.3) is 0 Å². The molecular formula is C14H21N3O4. The van der Waals surface area contributed by atoms with Crippen LogP contribution in [0.4, 0.5) is 4.79 Å². The maximum atomic E-state index is 11.8. The lowest BCUT2D eigenvalue weighted by Gasteiger charge is -2.21. The Kier molecular flexibility index (Phi) is 4.36. The number of benzene rings is 1. The predicted octanol–water partition coefficient (Wildman–Crippen LogP) is 1.58. The minimum absolute atomic E-state index is 0.262. The van der Waals surface area contributed by atoms with Crippen molar-refractivity contribution in [3.8, 4) is 5.75 Å². The fourth-order valence-corrected chi connectivity index (χ4v) is 2.06. The summed E-state index contributed by atoms with van der Waals surface area (Å²) in [5.41, 5.74) is 8.64. The van der Waals surface area contributed by atoms with Crippen LogP contribution in [0.5, 0.6) is 5.75 Å². The first-order chi connectivity index (χ1) is 9.80. The van der Waals surface area contributed by atoms with Crippen molar-refractivity contribution < 1.29 is 19.5 Å². The van der Waals surface area contributed by atoms with E-state index >= 15 is 0 Å². The van der Waals surface area contributed by atoms with Gasteiger partial charge in [-0.1, -0.05) is 12.1 Å². The van der Waals surface area contributed by atoms with Crippen LogP contribution in [-0.2, 0) is 4.74 Å². The Morgan fingerprint density at radius 2 is 2.24 bits per heavy atom. The molecule has 1 amide bonds. The molecule has 0 saturated heterocycles. The third kappa shape index (κ3) is 3.84. The van der Waals surface area contributed by atoms with Crippen molar-refractivity contribution >= 4 is 6.09 Å². The van der Waals surface area contributed by atoms with Crippen molar-refractivity contribution in [2.45, 2.75) is 38.6 Å². The van der Waals surface area contributed by atoms with Gasteiger partial charge in [0, 0.05) is 5.56 Å². The molecule has 2 rings (SSSR count). The summed E-state index contributed by atoms with van der Waals surface area (Å²) in [4.78, 5) is 11.8. The van der Waals surface area contributed by atoms with Gasteiger partial charge in [0.25, 0.3) is 0 Å². The average Bonchev–Trinajstić information content (AvgIpc) is 2.78. The summed E-state index contributed by atoms with van der Waals surface area (Å²) in [6.07, 6.45) is -1.17. The Morgan fingerprint density at radius 1 is 1.52 bits per heavy atom. The van der Waals surface area contributed by atoms with E-state index in [9.17, 15) is 4.79 Å². The topological polar surface area (TPSA) is 106 Å². The van der Waals surface area contributed by atoms with Crippen LogP contribution >= 0.6 is 0 Å². The second-order valence-corrected chi connectivity index (χ2v) is 5.91. The zero-order valence-electron chi connectivity index (χ0n) is 12.3. The molecule has 21 heavy (non-hydrogen) atoms. The van der Waals surface area contributed by atoms with Crippen molar-refractivity contribution in [1.29, 1.82) is 0 Å². The van der Waals surface area contributed by atoms with Crippen molar-refractivity contribution in [1.82, 2.24) is 10.8 Å². The first kappa shape index (κ1) is 15.6. The fraction of sp³-hybridized carbons (Fsp3) is 0.500. The van der Waals surface area contributed by atoms with Crippen LogP contribution in [0.2, 0.25) is 0 Å². The van der Waals surface area contributed by atoms with E-state index in [-0.39, 0.29) is 6.04 Å². The van der Waals surface area contributed by atoms with Gasteiger partial charge in [0.15, 0.2) is 0 Å². The number of hydrogen-bond donors (Lipinski definition) is 4. The molecule has 7 nitrogen and oxygen atoms in total.